The third-order valence-corrected chi connectivity index (χ3v) is 3.41. The molecular formula is C16H27NO2. The van der Waals surface area contributed by atoms with Gasteiger partial charge >= 0.3 is 0 Å². The Morgan fingerprint density at radius 3 is 2.58 bits per heavy atom. The van der Waals surface area contributed by atoms with Gasteiger partial charge in [0.1, 0.15) is 5.75 Å². The van der Waals surface area contributed by atoms with Gasteiger partial charge in [-0.1, -0.05) is 25.1 Å². The number of ether oxygens (including phenoxy) is 2. The molecule has 0 bridgehead atoms. The maximum Gasteiger partial charge on any atom is 0.124 e. The molecule has 3 nitrogen and oxygen atoms in total. The highest BCUT2D eigenvalue weighted by molar-refractivity contribution is 5.35. The maximum absolute atomic E-state index is 5.92. The highest BCUT2D eigenvalue weighted by Crippen LogP contribution is 2.25. The molecule has 0 saturated heterocycles. The second kappa shape index (κ2) is 7.51. The predicted molar refractivity (Wildman–Crippen MR) is 79.7 cm³/mol. The van der Waals surface area contributed by atoms with Crippen molar-refractivity contribution in [2.24, 2.45) is 0 Å². The van der Waals surface area contributed by atoms with Crippen molar-refractivity contribution >= 4 is 0 Å². The van der Waals surface area contributed by atoms with Crippen LogP contribution in [0.25, 0.3) is 0 Å². The number of benzene rings is 1. The van der Waals surface area contributed by atoms with Gasteiger partial charge < -0.3 is 14.8 Å². The second-order valence-electron chi connectivity index (χ2n) is 5.38. The molecule has 0 aliphatic carbocycles. The molecule has 1 aromatic rings. The quantitative estimate of drug-likeness (QED) is 0.779. The number of rotatable bonds is 8. The van der Waals surface area contributed by atoms with Crippen LogP contribution in [-0.4, -0.2) is 25.9 Å². The Labute approximate surface area is 117 Å². The summed E-state index contributed by atoms with van der Waals surface area (Å²) in [5.41, 5.74) is 1.07. The zero-order valence-electron chi connectivity index (χ0n) is 12.8. The fourth-order valence-electron chi connectivity index (χ4n) is 1.89. The summed E-state index contributed by atoms with van der Waals surface area (Å²) in [5.74, 6) is 0.961. The molecule has 0 aromatic heterocycles. The molecule has 1 atom stereocenters. The van der Waals surface area contributed by atoms with Crippen LogP contribution in [0.3, 0.4) is 0 Å². The van der Waals surface area contributed by atoms with E-state index in [-0.39, 0.29) is 5.60 Å². The molecule has 0 aliphatic heterocycles. The van der Waals surface area contributed by atoms with E-state index in [1.165, 1.54) is 5.56 Å². The normalized spacial score (nSPS) is 13.3. The third-order valence-electron chi connectivity index (χ3n) is 3.41. The van der Waals surface area contributed by atoms with Gasteiger partial charge in [0.05, 0.1) is 12.2 Å². The molecule has 0 saturated carbocycles. The van der Waals surface area contributed by atoms with E-state index in [2.05, 4.69) is 45.1 Å². The van der Waals surface area contributed by atoms with Crippen LogP contribution in [0.2, 0.25) is 0 Å². The van der Waals surface area contributed by atoms with Crippen molar-refractivity contribution in [2.45, 2.75) is 45.8 Å². The van der Waals surface area contributed by atoms with Gasteiger partial charge in [0.2, 0.25) is 0 Å². The molecule has 1 rings (SSSR count). The molecule has 1 N–H and O–H groups in total. The summed E-state index contributed by atoms with van der Waals surface area (Å²) >= 11 is 0. The largest absolute Gasteiger partial charge is 0.493 e. The Hall–Kier alpha value is -1.06. The summed E-state index contributed by atoms with van der Waals surface area (Å²) in [6.45, 7) is 10.0. The fourth-order valence-corrected chi connectivity index (χ4v) is 1.89. The van der Waals surface area contributed by atoms with Crippen LogP contribution in [0.5, 0.6) is 5.75 Å². The van der Waals surface area contributed by atoms with Gasteiger partial charge in [-0.15, -0.1) is 0 Å². The summed E-state index contributed by atoms with van der Waals surface area (Å²) in [6.07, 6.45) is 0.868. The fraction of sp³-hybridized carbons (Fsp3) is 0.625. The monoisotopic (exact) mass is 265 g/mol. The lowest BCUT2D eigenvalue weighted by molar-refractivity contribution is 0.00535. The number of nitrogens with one attached hydrogen (secondary N) is 1. The molecule has 0 amide bonds. The van der Waals surface area contributed by atoms with E-state index < -0.39 is 0 Å². The van der Waals surface area contributed by atoms with Crippen LogP contribution in [0.1, 0.15) is 45.7 Å². The second-order valence-corrected chi connectivity index (χ2v) is 5.38. The molecule has 0 aliphatic rings. The zero-order chi connectivity index (χ0) is 14.3. The first kappa shape index (κ1) is 16.0. The van der Waals surface area contributed by atoms with Gasteiger partial charge in [0, 0.05) is 25.1 Å². The van der Waals surface area contributed by atoms with Gasteiger partial charge in [-0.25, -0.2) is 0 Å². The van der Waals surface area contributed by atoms with Crippen LogP contribution >= 0.6 is 0 Å². The van der Waals surface area contributed by atoms with Crippen LogP contribution in [0, 0.1) is 0 Å². The van der Waals surface area contributed by atoms with E-state index in [0.717, 1.165) is 18.7 Å². The zero-order valence-corrected chi connectivity index (χ0v) is 12.8. The molecule has 1 aromatic carbocycles. The first-order chi connectivity index (χ1) is 9.00. The number of hydrogen-bond donors (Lipinski definition) is 1. The average Bonchev–Trinajstić information content (AvgIpc) is 2.39. The van der Waals surface area contributed by atoms with E-state index in [0.29, 0.717) is 12.6 Å². The van der Waals surface area contributed by atoms with Gasteiger partial charge in [-0.3, -0.25) is 0 Å². The Kier molecular flexibility index (Phi) is 6.32. The first-order valence-corrected chi connectivity index (χ1v) is 7.00. The minimum absolute atomic E-state index is 0.137. The van der Waals surface area contributed by atoms with Crippen molar-refractivity contribution in [3.8, 4) is 5.75 Å². The summed E-state index contributed by atoms with van der Waals surface area (Å²) in [7, 11) is 1.74. The molecule has 0 fully saturated rings. The molecule has 3 heteroatoms. The van der Waals surface area contributed by atoms with Crippen LogP contribution in [0.15, 0.2) is 24.3 Å². The lowest BCUT2D eigenvalue weighted by Gasteiger charge is -2.23. The van der Waals surface area contributed by atoms with Crippen LogP contribution < -0.4 is 10.1 Å². The standard InChI is InChI=1S/C16H27NO2/c1-6-17-13(2)14-9-7-8-10-15(14)19-12-11-16(3,4)18-5/h7-10,13,17H,6,11-12H2,1-5H3. The summed E-state index contributed by atoms with van der Waals surface area (Å²) in [5, 5.41) is 3.42. The van der Waals surface area contributed by atoms with Crippen LogP contribution in [0.4, 0.5) is 0 Å². The van der Waals surface area contributed by atoms with E-state index in [1.807, 2.05) is 12.1 Å². The van der Waals surface area contributed by atoms with Crippen molar-refractivity contribution in [1.29, 1.82) is 0 Å². The van der Waals surface area contributed by atoms with Gasteiger partial charge in [-0.05, 0) is 33.4 Å². The van der Waals surface area contributed by atoms with Crippen molar-refractivity contribution < 1.29 is 9.47 Å². The molecular weight excluding hydrogens is 238 g/mol. The SMILES string of the molecule is CCNC(C)c1ccccc1OCCC(C)(C)OC. The van der Waals surface area contributed by atoms with Crippen molar-refractivity contribution in [3.63, 3.8) is 0 Å². The molecule has 0 spiro atoms. The topological polar surface area (TPSA) is 30.5 Å². The van der Waals surface area contributed by atoms with E-state index in [4.69, 9.17) is 9.47 Å². The van der Waals surface area contributed by atoms with E-state index >= 15 is 0 Å². The minimum atomic E-state index is -0.137. The van der Waals surface area contributed by atoms with Gasteiger partial charge in [-0.2, -0.15) is 0 Å². The maximum atomic E-state index is 5.92. The molecule has 0 heterocycles. The minimum Gasteiger partial charge on any atom is -0.493 e. The average molecular weight is 265 g/mol. The number of hydrogen-bond acceptors (Lipinski definition) is 3. The molecule has 0 radical (unpaired) electrons. The number of para-hydroxylation sites is 1. The van der Waals surface area contributed by atoms with Gasteiger partial charge in [0.15, 0.2) is 0 Å². The van der Waals surface area contributed by atoms with Crippen molar-refractivity contribution in [1.82, 2.24) is 5.32 Å². The Morgan fingerprint density at radius 2 is 1.95 bits per heavy atom. The van der Waals surface area contributed by atoms with Crippen molar-refractivity contribution in [3.05, 3.63) is 29.8 Å². The van der Waals surface area contributed by atoms with Crippen molar-refractivity contribution in [2.75, 3.05) is 20.3 Å². The highest BCUT2D eigenvalue weighted by Gasteiger charge is 2.17. The van der Waals surface area contributed by atoms with Crippen LogP contribution in [-0.2, 0) is 4.74 Å². The van der Waals surface area contributed by atoms with E-state index in [1.54, 1.807) is 7.11 Å². The summed E-state index contributed by atoms with van der Waals surface area (Å²) < 4.78 is 11.3. The Morgan fingerprint density at radius 1 is 1.26 bits per heavy atom. The first-order valence-electron chi connectivity index (χ1n) is 7.00. The lowest BCUT2D eigenvalue weighted by atomic mass is 10.1. The third kappa shape index (κ3) is 5.21. The highest BCUT2D eigenvalue weighted by atomic mass is 16.5. The smallest absolute Gasteiger partial charge is 0.124 e. The molecule has 19 heavy (non-hydrogen) atoms. The van der Waals surface area contributed by atoms with E-state index in [9.17, 15) is 0 Å². The lowest BCUT2D eigenvalue weighted by Crippen LogP contribution is -2.25. The number of methoxy groups -OCH3 is 1. The Bertz CT molecular complexity index is 377. The Balaban J connectivity index is 2.63. The molecule has 108 valence electrons. The predicted octanol–water partition coefficient (Wildman–Crippen LogP) is 3.55. The summed E-state index contributed by atoms with van der Waals surface area (Å²) in [4.78, 5) is 0. The summed E-state index contributed by atoms with van der Waals surface area (Å²) in [6, 6.07) is 8.51. The molecule has 1 unspecified atom stereocenters. The van der Waals surface area contributed by atoms with Gasteiger partial charge in [0.25, 0.3) is 0 Å².